The van der Waals surface area contributed by atoms with Crippen LogP contribution in [0.15, 0.2) is 24.7 Å². The van der Waals surface area contributed by atoms with E-state index in [0.29, 0.717) is 24.6 Å². The zero-order valence-corrected chi connectivity index (χ0v) is 9.65. The van der Waals surface area contributed by atoms with Gasteiger partial charge in [0.05, 0.1) is 19.3 Å². The van der Waals surface area contributed by atoms with E-state index in [1.165, 1.54) is 0 Å². The molecule has 3 N–H and O–H groups in total. The Morgan fingerprint density at radius 2 is 2.17 bits per heavy atom. The van der Waals surface area contributed by atoms with Crippen LogP contribution in [-0.2, 0) is 17.9 Å². The van der Waals surface area contributed by atoms with Crippen molar-refractivity contribution in [2.75, 3.05) is 6.54 Å². The monoisotopic (exact) mass is 247 g/mol. The van der Waals surface area contributed by atoms with E-state index in [0.717, 1.165) is 0 Å². The smallest absolute Gasteiger partial charge is 0.234 e. The van der Waals surface area contributed by atoms with Crippen LogP contribution in [0.5, 0.6) is 0 Å². The van der Waals surface area contributed by atoms with Gasteiger partial charge >= 0.3 is 0 Å². The topological polar surface area (TPSA) is 112 Å². The average Bonchev–Trinajstić information content (AvgIpc) is 2.85. The number of carbonyl (C=O) groups is 1. The molecule has 0 aliphatic heterocycles. The maximum absolute atomic E-state index is 11.0. The molecule has 8 nitrogen and oxygen atoms in total. The molecule has 94 valence electrons. The predicted molar refractivity (Wildman–Crippen MR) is 62.1 cm³/mol. The third kappa shape index (κ3) is 3.32. The third-order valence-electron chi connectivity index (χ3n) is 2.16. The summed E-state index contributed by atoms with van der Waals surface area (Å²) >= 11 is 0. The van der Waals surface area contributed by atoms with Crippen molar-refractivity contribution in [1.82, 2.24) is 30.3 Å². The molecule has 0 aliphatic rings. The molecule has 0 saturated carbocycles. The first-order valence-corrected chi connectivity index (χ1v) is 5.39. The van der Waals surface area contributed by atoms with Crippen LogP contribution in [-0.4, -0.2) is 37.4 Å². The maximum atomic E-state index is 11.0. The first-order valence-electron chi connectivity index (χ1n) is 5.39. The van der Waals surface area contributed by atoms with Crippen LogP contribution in [0.25, 0.3) is 0 Å². The standard InChI is InChI=1S/C10H13N7O/c11-4-10(18)14-5-8-6-17(16-15-8)7-9-12-2-1-3-13-9/h1-3,6H,4-5,7,11H2,(H,14,18). The fourth-order valence-electron chi connectivity index (χ4n) is 1.31. The molecular formula is C10H13N7O. The predicted octanol–water partition coefficient (Wildman–Crippen LogP) is -1.31. The van der Waals surface area contributed by atoms with E-state index in [-0.39, 0.29) is 12.5 Å². The minimum Gasteiger partial charge on any atom is -0.349 e. The molecule has 2 aromatic heterocycles. The molecule has 0 aromatic carbocycles. The lowest BCUT2D eigenvalue weighted by Gasteiger charge is -1.99. The minimum absolute atomic E-state index is 0.0357. The second-order valence-electron chi connectivity index (χ2n) is 3.55. The van der Waals surface area contributed by atoms with E-state index in [9.17, 15) is 4.79 Å². The molecule has 8 heteroatoms. The SMILES string of the molecule is NCC(=O)NCc1cn(Cc2ncccn2)nn1. The molecule has 0 spiro atoms. The van der Waals surface area contributed by atoms with Crippen LogP contribution >= 0.6 is 0 Å². The normalized spacial score (nSPS) is 10.3. The number of rotatable bonds is 5. The van der Waals surface area contributed by atoms with Crippen molar-refractivity contribution in [2.45, 2.75) is 13.1 Å². The second kappa shape index (κ2) is 5.82. The van der Waals surface area contributed by atoms with Crippen LogP contribution in [0, 0.1) is 0 Å². The summed E-state index contributed by atoms with van der Waals surface area (Å²) in [5.41, 5.74) is 5.83. The van der Waals surface area contributed by atoms with Crippen molar-refractivity contribution in [3.8, 4) is 0 Å². The first-order chi connectivity index (χ1) is 8.78. The van der Waals surface area contributed by atoms with Crippen molar-refractivity contribution in [1.29, 1.82) is 0 Å². The van der Waals surface area contributed by atoms with Gasteiger partial charge in [-0.3, -0.25) is 4.79 Å². The van der Waals surface area contributed by atoms with Crippen molar-refractivity contribution in [2.24, 2.45) is 5.73 Å². The highest BCUT2D eigenvalue weighted by Crippen LogP contribution is 1.96. The van der Waals surface area contributed by atoms with Crippen LogP contribution < -0.4 is 11.1 Å². The number of nitrogens with one attached hydrogen (secondary N) is 1. The molecule has 18 heavy (non-hydrogen) atoms. The van der Waals surface area contributed by atoms with Gasteiger partial charge in [0.1, 0.15) is 18.1 Å². The Morgan fingerprint density at radius 3 is 2.89 bits per heavy atom. The Bertz CT molecular complexity index is 510. The highest BCUT2D eigenvalue weighted by molar-refractivity contribution is 5.77. The summed E-state index contributed by atoms with van der Waals surface area (Å²) in [7, 11) is 0. The summed E-state index contributed by atoms with van der Waals surface area (Å²) in [6.45, 7) is 0.719. The average molecular weight is 247 g/mol. The minimum atomic E-state index is -0.226. The number of nitrogens with zero attached hydrogens (tertiary/aromatic N) is 5. The van der Waals surface area contributed by atoms with Crippen LogP contribution in [0.1, 0.15) is 11.5 Å². The van der Waals surface area contributed by atoms with Crippen LogP contribution in [0.2, 0.25) is 0 Å². The van der Waals surface area contributed by atoms with E-state index >= 15 is 0 Å². The van der Waals surface area contributed by atoms with Crippen molar-refractivity contribution in [3.63, 3.8) is 0 Å². The van der Waals surface area contributed by atoms with E-state index in [1.807, 2.05) is 0 Å². The quantitative estimate of drug-likeness (QED) is 0.678. The number of hydrogen-bond acceptors (Lipinski definition) is 6. The van der Waals surface area contributed by atoms with E-state index in [1.54, 1.807) is 29.3 Å². The molecule has 1 amide bonds. The highest BCUT2D eigenvalue weighted by atomic mass is 16.1. The Morgan fingerprint density at radius 1 is 1.39 bits per heavy atom. The Balaban J connectivity index is 1.92. The molecule has 0 aliphatic carbocycles. The van der Waals surface area contributed by atoms with Gasteiger partial charge in [0.25, 0.3) is 0 Å². The van der Waals surface area contributed by atoms with Gasteiger partial charge in [-0.25, -0.2) is 14.6 Å². The molecule has 0 atom stereocenters. The van der Waals surface area contributed by atoms with Gasteiger partial charge in [0.2, 0.25) is 5.91 Å². The van der Waals surface area contributed by atoms with Crippen molar-refractivity contribution in [3.05, 3.63) is 36.2 Å². The van der Waals surface area contributed by atoms with E-state index < -0.39 is 0 Å². The van der Waals surface area contributed by atoms with Crippen molar-refractivity contribution >= 4 is 5.91 Å². The molecule has 0 bridgehead atoms. The summed E-state index contributed by atoms with van der Waals surface area (Å²) in [6.07, 6.45) is 5.07. The van der Waals surface area contributed by atoms with E-state index in [4.69, 9.17) is 5.73 Å². The molecular weight excluding hydrogens is 234 g/mol. The first kappa shape index (κ1) is 12.1. The van der Waals surface area contributed by atoms with Crippen LogP contribution in [0.4, 0.5) is 0 Å². The summed E-state index contributed by atoms with van der Waals surface area (Å²) in [4.78, 5) is 19.1. The molecule has 2 heterocycles. The summed E-state index contributed by atoms with van der Waals surface area (Å²) in [5.74, 6) is 0.427. The zero-order valence-electron chi connectivity index (χ0n) is 9.65. The largest absolute Gasteiger partial charge is 0.349 e. The summed E-state index contributed by atoms with van der Waals surface area (Å²) < 4.78 is 1.61. The number of carbonyl (C=O) groups excluding carboxylic acids is 1. The molecule has 0 unspecified atom stereocenters. The molecule has 0 radical (unpaired) electrons. The van der Waals surface area contributed by atoms with Gasteiger partial charge in [-0.15, -0.1) is 5.10 Å². The number of hydrogen-bond donors (Lipinski definition) is 2. The number of amides is 1. The fourth-order valence-corrected chi connectivity index (χ4v) is 1.31. The third-order valence-corrected chi connectivity index (χ3v) is 2.16. The molecule has 0 fully saturated rings. The zero-order chi connectivity index (χ0) is 12.8. The van der Waals surface area contributed by atoms with Crippen molar-refractivity contribution < 1.29 is 4.79 Å². The lowest BCUT2D eigenvalue weighted by molar-refractivity contribution is -0.119. The molecule has 0 saturated heterocycles. The van der Waals surface area contributed by atoms with Gasteiger partial charge in [-0.2, -0.15) is 0 Å². The fraction of sp³-hybridized carbons (Fsp3) is 0.300. The Hall–Kier alpha value is -2.35. The van der Waals surface area contributed by atoms with Gasteiger partial charge < -0.3 is 11.1 Å². The van der Waals surface area contributed by atoms with Gasteiger partial charge in [0.15, 0.2) is 0 Å². The highest BCUT2D eigenvalue weighted by Gasteiger charge is 2.04. The lowest BCUT2D eigenvalue weighted by atomic mass is 10.4. The van der Waals surface area contributed by atoms with Gasteiger partial charge in [0, 0.05) is 12.4 Å². The molecule has 2 aromatic rings. The maximum Gasteiger partial charge on any atom is 0.234 e. The van der Waals surface area contributed by atoms with Gasteiger partial charge in [-0.1, -0.05) is 5.21 Å². The molecule has 2 rings (SSSR count). The van der Waals surface area contributed by atoms with E-state index in [2.05, 4.69) is 25.6 Å². The Kier molecular flexibility index (Phi) is 3.92. The lowest BCUT2D eigenvalue weighted by Crippen LogP contribution is -2.29. The van der Waals surface area contributed by atoms with Gasteiger partial charge in [-0.05, 0) is 6.07 Å². The number of aromatic nitrogens is 5. The summed E-state index contributed by atoms with van der Waals surface area (Å²) in [6, 6.07) is 1.75. The summed E-state index contributed by atoms with van der Waals surface area (Å²) in [5, 5.41) is 10.5. The Labute approximate surface area is 103 Å². The number of nitrogens with two attached hydrogens (primary N) is 1. The van der Waals surface area contributed by atoms with Crippen LogP contribution in [0.3, 0.4) is 0 Å². The second-order valence-corrected chi connectivity index (χ2v) is 3.55.